The van der Waals surface area contributed by atoms with Crippen molar-refractivity contribution >= 4 is 34.4 Å². The summed E-state index contributed by atoms with van der Waals surface area (Å²) in [6.07, 6.45) is 1.54. The van der Waals surface area contributed by atoms with E-state index in [1.54, 1.807) is 24.3 Å². The van der Waals surface area contributed by atoms with Crippen LogP contribution in [0.15, 0.2) is 48.7 Å². The number of H-pyrrole nitrogens is 1. The quantitative estimate of drug-likeness (QED) is 0.275. The number of halogens is 4. The summed E-state index contributed by atoms with van der Waals surface area (Å²) in [4.78, 5) is 27.7. The largest absolute Gasteiger partial charge is 0.490 e. The van der Waals surface area contributed by atoms with Gasteiger partial charge in [0.05, 0.1) is 11.1 Å². The van der Waals surface area contributed by atoms with Crippen LogP contribution in [0.5, 0.6) is 0 Å². The maximum atomic E-state index is 13.0. The molecule has 204 valence electrons. The van der Waals surface area contributed by atoms with Crippen molar-refractivity contribution in [2.75, 3.05) is 6.54 Å². The lowest BCUT2D eigenvalue weighted by Gasteiger charge is -2.23. The molecule has 1 aromatic heterocycles. The number of ether oxygens (including phenoxy) is 1. The first-order valence-corrected chi connectivity index (χ1v) is 13.2. The van der Waals surface area contributed by atoms with Gasteiger partial charge in [-0.15, -0.1) is 0 Å². The Morgan fingerprint density at radius 3 is 2.58 bits per heavy atom. The highest BCUT2D eigenvalue weighted by Crippen LogP contribution is 2.27. The molecule has 3 N–H and O–H groups in total. The molecule has 38 heavy (non-hydrogen) atoms. The highest BCUT2D eigenvalue weighted by molar-refractivity contribution is 6.30. The van der Waals surface area contributed by atoms with E-state index in [9.17, 15) is 22.8 Å². The lowest BCUT2D eigenvalue weighted by atomic mass is 9.95. The Morgan fingerprint density at radius 2 is 1.87 bits per heavy atom. The first-order chi connectivity index (χ1) is 18.1. The van der Waals surface area contributed by atoms with Crippen LogP contribution in [0, 0.1) is 0 Å². The Bertz CT molecular complexity index is 1270. The summed E-state index contributed by atoms with van der Waals surface area (Å²) < 4.78 is 43.4. The number of fused-ring (bicyclic) bond motifs is 1. The van der Waals surface area contributed by atoms with Gasteiger partial charge in [-0.3, -0.25) is 4.79 Å². The van der Waals surface area contributed by atoms with Crippen LogP contribution in [0.25, 0.3) is 10.9 Å². The Morgan fingerprint density at radius 1 is 1.13 bits per heavy atom. The Labute approximate surface area is 224 Å². The number of benzene rings is 2. The second-order valence-corrected chi connectivity index (χ2v) is 10.2. The molecule has 1 amide bonds. The summed E-state index contributed by atoms with van der Waals surface area (Å²) in [6, 6.07) is 11.8. The summed E-state index contributed by atoms with van der Waals surface area (Å²) in [5, 5.41) is 7.56. The summed E-state index contributed by atoms with van der Waals surface area (Å²) in [7, 11) is 0. The molecule has 4 rings (SSSR count). The van der Waals surface area contributed by atoms with E-state index >= 15 is 0 Å². The minimum atomic E-state index is -5.10. The zero-order chi connectivity index (χ0) is 27.3. The zero-order valence-electron chi connectivity index (χ0n) is 21.0. The number of aromatic nitrogens is 1. The average Bonchev–Trinajstić information content (AvgIpc) is 3.29. The predicted molar refractivity (Wildman–Crippen MR) is 140 cm³/mol. The summed E-state index contributed by atoms with van der Waals surface area (Å²) in [5.41, 5.74) is 2.65. The second-order valence-electron chi connectivity index (χ2n) is 9.81. The van der Waals surface area contributed by atoms with Gasteiger partial charge in [0.1, 0.15) is 6.10 Å². The molecule has 0 saturated heterocycles. The number of carbonyl (C=O) groups excluding carboxylic acids is 2. The average molecular weight is 550 g/mol. The third-order valence-corrected chi connectivity index (χ3v) is 7.10. The molecule has 2 aromatic carbocycles. The van der Waals surface area contributed by atoms with E-state index in [4.69, 9.17) is 16.3 Å². The van der Waals surface area contributed by atoms with Gasteiger partial charge < -0.3 is 20.4 Å². The fourth-order valence-corrected chi connectivity index (χ4v) is 5.12. The number of para-hydroxylation sites is 1. The minimum Gasteiger partial charge on any atom is -0.449 e. The molecule has 2 atom stereocenters. The topological polar surface area (TPSA) is 83.2 Å². The van der Waals surface area contributed by atoms with Crippen LogP contribution >= 0.6 is 11.6 Å². The normalized spacial score (nSPS) is 16.2. The molecule has 0 unspecified atom stereocenters. The highest BCUT2D eigenvalue weighted by atomic mass is 35.5. The Hall–Kier alpha value is -3.04. The van der Waals surface area contributed by atoms with Gasteiger partial charge in [-0.25, -0.2) is 4.79 Å². The highest BCUT2D eigenvalue weighted by Gasteiger charge is 2.42. The molecule has 1 aliphatic rings. The minimum absolute atomic E-state index is 0.0409. The van der Waals surface area contributed by atoms with Gasteiger partial charge in [0.25, 0.3) is 5.91 Å². The third kappa shape index (κ3) is 7.08. The van der Waals surface area contributed by atoms with E-state index < -0.39 is 18.2 Å². The predicted octanol–water partition coefficient (Wildman–Crippen LogP) is 6.25. The molecule has 1 heterocycles. The third-order valence-electron chi connectivity index (χ3n) is 6.87. The molecule has 0 spiro atoms. The molecule has 0 bridgehead atoms. The van der Waals surface area contributed by atoms with E-state index in [1.807, 2.05) is 25.3 Å². The van der Waals surface area contributed by atoms with Gasteiger partial charge >= 0.3 is 12.1 Å². The van der Waals surface area contributed by atoms with Gasteiger partial charge in [-0.05, 0) is 55.5 Å². The standard InChI is InChI=1S/C28H31ClF3N3O3/c1-17(33-16-24(38-27(37)28(30,31)32)18-7-5-8-20(29)14-18)13-19-15-34-25-22(19)11-6-12-23(25)26(36)35-21-9-3-2-4-10-21/h5-8,11-12,14-15,17,21,24,33-34H,2-4,9-10,13,16H2,1H3,(H,35,36)/t17-,24+/m1/s1. The lowest BCUT2D eigenvalue weighted by Crippen LogP contribution is -2.36. The summed E-state index contributed by atoms with van der Waals surface area (Å²) >= 11 is 6.00. The van der Waals surface area contributed by atoms with Crippen LogP contribution in [0.1, 0.15) is 66.6 Å². The first kappa shape index (κ1) is 28.0. The van der Waals surface area contributed by atoms with Crippen molar-refractivity contribution in [3.8, 4) is 0 Å². The summed E-state index contributed by atoms with van der Waals surface area (Å²) in [6.45, 7) is 1.85. The van der Waals surface area contributed by atoms with Crippen molar-refractivity contribution in [1.29, 1.82) is 0 Å². The van der Waals surface area contributed by atoms with Gasteiger partial charge in [-0.1, -0.05) is 55.1 Å². The van der Waals surface area contributed by atoms with Crippen molar-refractivity contribution < 1.29 is 27.5 Å². The molecule has 0 aliphatic heterocycles. The van der Waals surface area contributed by atoms with Crippen molar-refractivity contribution in [1.82, 2.24) is 15.6 Å². The van der Waals surface area contributed by atoms with Crippen LogP contribution < -0.4 is 10.6 Å². The number of rotatable bonds is 9. The number of esters is 1. The Kier molecular flexibility index (Phi) is 8.99. The number of alkyl halides is 3. The van der Waals surface area contributed by atoms with E-state index in [0.29, 0.717) is 22.6 Å². The van der Waals surface area contributed by atoms with Crippen molar-refractivity contribution in [2.24, 2.45) is 0 Å². The van der Waals surface area contributed by atoms with E-state index in [1.165, 1.54) is 12.5 Å². The van der Waals surface area contributed by atoms with Crippen molar-refractivity contribution in [3.63, 3.8) is 0 Å². The number of hydrogen-bond donors (Lipinski definition) is 3. The fraction of sp³-hybridized carbons (Fsp3) is 0.429. The molecule has 1 fully saturated rings. The van der Waals surface area contributed by atoms with Crippen LogP contribution in [0.4, 0.5) is 13.2 Å². The molecular formula is C28H31ClF3N3O3. The fourth-order valence-electron chi connectivity index (χ4n) is 4.92. The van der Waals surface area contributed by atoms with Gasteiger partial charge in [0, 0.05) is 35.2 Å². The Balaban J connectivity index is 1.43. The molecule has 6 nitrogen and oxygen atoms in total. The molecule has 0 radical (unpaired) electrons. The van der Waals surface area contributed by atoms with Gasteiger partial charge in [-0.2, -0.15) is 13.2 Å². The van der Waals surface area contributed by atoms with Crippen LogP contribution in [0.3, 0.4) is 0 Å². The van der Waals surface area contributed by atoms with Crippen molar-refractivity contribution in [2.45, 2.75) is 69.8 Å². The monoisotopic (exact) mass is 549 g/mol. The molecule has 10 heteroatoms. The molecule has 3 aromatic rings. The molecule has 1 saturated carbocycles. The van der Waals surface area contributed by atoms with Gasteiger partial charge in [0.2, 0.25) is 0 Å². The van der Waals surface area contributed by atoms with Gasteiger partial charge in [0.15, 0.2) is 0 Å². The maximum Gasteiger partial charge on any atom is 0.490 e. The second kappa shape index (κ2) is 12.2. The van der Waals surface area contributed by atoms with E-state index in [2.05, 4.69) is 15.6 Å². The first-order valence-electron chi connectivity index (χ1n) is 12.8. The molecular weight excluding hydrogens is 519 g/mol. The number of aromatic amines is 1. The van der Waals surface area contributed by atoms with E-state index in [0.717, 1.165) is 42.1 Å². The lowest BCUT2D eigenvalue weighted by molar-refractivity contribution is -0.205. The number of amides is 1. The van der Waals surface area contributed by atoms with E-state index in [-0.39, 0.29) is 24.5 Å². The smallest absolute Gasteiger partial charge is 0.449 e. The number of hydrogen-bond acceptors (Lipinski definition) is 4. The summed E-state index contributed by atoms with van der Waals surface area (Å²) in [5.74, 6) is -2.36. The van der Waals surface area contributed by atoms with Crippen molar-refractivity contribution in [3.05, 3.63) is 70.4 Å². The van der Waals surface area contributed by atoms with Crippen LogP contribution in [-0.2, 0) is 16.0 Å². The zero-order valence-corrected chi connectivity index (χ0v) is 21.8. The SMILES string of the molecule is C[C@H](Cc1c[nH]c2c(C(=O)NC3CCCCC3)cccc12)NC[C@H](OC(=O)C(F)(F)F)c1cccc(Cl)c1. The molecule has 1 aliphatic carbocycles. The van der Waals surface area contributed by atoms with Crippen LogP contribution in [-0.4, -0.2) is 41.7 Å². The number of carbonyl (C=O) groups is 2. The number of nitrogens with one attached hydrogen (secondary N) is 3. The maximum absolute atomic E-state index is 13.0. The van der Waals surface area contributed by atoms with Crippen LogP contribution in [0.2, 0.25) is 5.02 Å².